The summed E-state index contributed by atoms with van der Waals surface area (Å²) in [7, 11) is 0. The molecule has 0 aliphatic carbocycles. The molecule has 4 aromatic heterocycles. The molecule has 4 heterocycles. The van der Waals surface area contributed by atoms with Crippen molar-refractivity contribution in [1.29, 1.82) is 0 Å². The second kappa shape index (κ2) is 9.37. The van der Waals surface area contributed by atoms with E-state index in [4.69, 9.17) is 0 Å². The van der Waals surface area contributed by atoms with Crippen LogP contribution in [0.2, 0.25) is 0 Å². The summed E-state index contributed by atoms with van der Waals surface area (Å²) < 4.78 is 16.5. The van der Waals surface area contributed by atoms with Crippen LogP contribution in [0.4, 0.5) is 16.0 Å². The molecule has 0 spiro atoms. The Morgan fingerprint density at radius 1 is 1.00 bits per heavy atom. The summed E-state index contributed by atoms with van der Waals surface area (Å²) in [5.74, 6) is -0.0928. The summed E-state index contributed by atoms with van der Waals surface area (Å²) in [6.07, 6.45) is 6.55. The van der Waals surface area contributed by atoms with Gasteiger partial charge in [-0.25, -0.2) is 18.9 Å². The van der Waals surface area contributed by atoms with Crippen LogP contribution in [0, 0.1) is 12.7 Å². The number of halogens is 1. The quantitative estimate of drug-likeness (QED) is 0.379. The molecule has 0 radical (unpaired) electrons. The van der Waals surface area contributed by atoms with Gasteiger partial charge in [0.25, 0.3) is 5.91 Å². The van der Waals surface area contributed by atoms with Gasteiger partial charge in [-0.1, -0.05) is 12.1 Å². The minimum absolute atomic E-state index is 0.225. The van der Waals surface area contributed by atoms with Crippen molar-refractivity contribution < 1.29 is 14.0 Å². The van der Waals surface area contributed by atoms with E-state index in [2.05, 4.69) is 30.7 Å². The third kappa shape index (κ3) is 4.94. The lowest BCUT2D eigenvalue weighted by molar-refractivity contribution is -0.114. The van der Waals surface area contributed by atoms with E-state index in [-0.39, 0.29) is 17.6 Å². The molecule has 0 aliphatic heterocycles. The molecule has 11 heteroatoms. The van der Waals surface area contributed by atoms with Gasteiger partial charge in [0.05, 0.1) is 29.5 Å². The Hall–Kier alpha value is -4.93. The Kier molecular flexibility index (Phi) is 5.95. The predicted molar refractivity (Wildman–Crippen MR) is 131 cm³/mol. The molecule has 36 heavy (non-hydrogen) atoms. The number of pyridine rings is 1. The van der Waals surface area contributed by atoms with Crippen LogP contribution in [-0.4, -0.2) is 40.9 Å². The Balaban J connectivity index is 1.34. The zero-order valence-electron chi connectivity index (χ0n) is 19.4. The molecule has 5 rings (SSSR count). The zero-order chi connectivity index (χ0) is 25.2. The van der Waals surface area contributed by atoms with Gasteiger partial charge in [-0.05, 0) is 42.8 Å². The fourth-order valence-corrected chi connectivity index (χ4v) is 3.68. The Morgan fingerprint density at radius 3 is 2.58 bits per heavy atom. The second-order valence-electron chi connectivity index (χ2n) is 8.20. The fraction of sp³-hybridized carbons (Fsp3) is 0.120. The Labute approximate surface area is 204 Å². The van der Waals surface area contributed by atoms with Crippen LogP contribution < -0.4 is 10.6 Å². The standard InChI is InChI=1S/C25H21FN8O2/c1-15-20(25(36)31-22-12-33(14-28-22)11-17-3-5-19(26)6-4-17)9-18(10-27-15)21-7-8-24-30-23(29-16(2)35)13-34(24)32-21/h3-10,12-14H,11H2,1-2H3,(H,29,35)(H,31,36). The highest BCUT2D eigenvalue weighted by atomic mass is 19.1. The lowest BCUT2D eigenvalue weighted by Gasteiger charge is -2.08. The molecule has 2 N–H and O–H groups in total. The van der Waals surface area contributed by atoms with Crippen LogP contribution >= 0.6 is 0 Å². The van der Waals surface area contributed by atoms with Crippen molar-refractivity contribution in [2.45, 2.75) is 20.4 Å². The number of imidazole rings is 2. The topological polar surface area (TPSA) is 119 Å². The van der Waals surface area contributed by atoms with Gasteiger partial charge in [-0.2, -0.15) is 5.10 Å². The first-order chi connectivity index (χ1) is 17.3. The lowest BCUT2D eigenvalue weighted by atomic mass is 10.1. The van der Waals surface area contributed by atoms with Gasteiger partial charge in [-0.3, -0.25) is 14.6 Å². The minimum atomic E-state index is -0.356. The monoisotopic (exact) mass is 484 g/mol. The van der Waals surface area contributed by atoms with Crippen LogP contribution in [0.25, 0.3) is 16.9 Å². The summed E-state index contributed by atoms with van der Waals surface area (Å²) in [5.41, 5.74) is 3.64. The van der Waals surface area contributed by atoms with E-state index < -0.39 is 0 Å². The number of nitrogens with zero attached hydrogens (tertiary/aromatic N) is 6. The molecule has 2 amide bonds. The maximum atomic E-state index is 13.1. The number of anilines is 2. The van der Waals surface area contributed by atoms with E-state index in [1.165, 1.54) is 19.1 Å². The van der Waals surface area contributed by atoms with Gasteiger partial charge in [0, 0.05) is 31.4 Å². The molecule has 10 nitrogen and oxygen atoms in total. The van der Waals surface area contributed by atoms with Crippen LogP contribution in [0.15, 0.2) is 67.4 Å². The smallest absolute Gasteiger partial charge is 0.258 e. The molecule has 180 valence electrons. The van der Waals surface area contributed by atoms with Gasteiger partial charge in [-0.15, -0.1) is 0 Å². The summed E-state index contributed by atoms with van der Waals surface area (Å²) in [5, 5.41) is 9.95. The minimum Gasteiger partial charge on any atom is -0.331 e. The van der Waals surface area contributed by atoms with Crippen molar-refractivity contribution in [2.24, 2.45) is 0 Å². The van der Waals surface area contributed by atoms with Gasteiger partial charge >= 0.3 is 0 Å². The maximum Gasteiger partial charge on any atom is 0.258 e. The number of fused-ring (bicyclic) bond motifs is 1. The molecule has 1 aromatic carbocycles. The maximum absolute atomic E-state index is 13.1. The van der Waals surface area contributed by atoms with Crippen molar-refractivity contribution in [3.8, 4) is 11.3 Å². The average Bonchev–Trinajstić information content (AvgIpc) is 3.45. The number of hydrogen-bond donors (Lipinski definition) is 2. The highest BCUT2D eigenvalue weighted by molar-refractivity contribution is 6.05. The SMILES string of the molecule is CC(=O)Nc1cn2nc(-c3cnc(C)c(C(=O)Nc4cn(Cc5ccc(F)cc5)cn4)c3)ccc2n1. The van der Waals surface area contributed by atoms with Crippen LogP contribution in [0.5, 0.6) is 0 Å². The van der Waals surface area contributed by atoms with Crippen LogP contribution in [0.1, 0.15) is 28.5 Å². The number of aromatic nitrogens is 6. The van der Waals surface area contributed by atoms with E-state index in [1.54, 1.807) is 71.3 Å². The number of hydrogen-bond acceptors (Lipinski definition) is 6. The number of aryl methyl sites for hydroxylation is 1. The number of rotatable bonds is 6. The third-order valence-electron chi connectivity index (χ3n) is 5.40. The van der Waals surface area contributed by atoms with E-state index in [9.17, 15) is 14.0 Å². The summed E-state index contributed by atoms with van der Waals surface area (Å²) in [4.78, 5) is 37.2. The van der Waals surface area contributed by atoms with Crippen molar-refractivity contribution in [3.05, 3.63) is 90.0 Å². The molecule has 0 saturated heterocycles. The number of carbonyl (C=O) groups is 2. The molecule has 0 fully saturated rings. The largest absolute Gasteiger partial charge is 0.331 e. The molecule has 5 aromatic rings. The Bertz CT molecular complexity index is 1590. The Morgan fingerprint density at radius 2 is 1.81 bits per heavy atom. The summed E-state index contributed by atoms with van der Waals surface area (Å²) in [6.45, 7) is 3.65. The average molecular weight is 484 g/mol. The molecule has 0 bridgehead atoms. The second-order valence-corrected chi connectivity index (χ2v) is 8.20. The van der Waals surface area contributed by atoms with E-state index in [1.807, 2.05) is 0 Å². The third-order valence-corrected chi connectivity index (χ3v) is 5.40. The highest BCUT2D eigenvalue weighted by Gasteiger charge is 2.15. The molecule has 0 saturated carbocycles. The number of carbonyl (C=O) groups excluding carboxylic acids is 2. The van der Waals surface area contributed by atoms with Crippen molar-refractivity contribution in [2.75, 3.05) is 10.6 Å². The van der Waals surface area contributed by atoms with E-state index in [0.29, 0.717) is 46.3 Å². The number of benzene rings is 1. The van der Waals surface area contributed by atoms with Gasteiger partial charge in [0.1, 0.15) is 5.82 Å². The molecule has 0 aliphatic rings. The first-order valence-corrected chi connectivity index (χ1v) is 11.0. The van der Waals surface area contributed by atoms with E-state index in [0.717, 1.165) is 5.56 Å². The first kappa shape index (κ1) is 22.8. The molecule has 0 unspecified atom stereocenters. The normalized spacial score (nSPS) is 11.0. The van der Waals surface area contributed by atoms with Gasteiger partial charge < -0.3 is 15.2 Å². The van der Waals surface area contributed by atoms with Crippen molar-refractivity contribution >= 4 is 29.1 Å². The van der Waals surface area contributed by atoms with Crippen LogP contribution in [0.3, 0.4) is 0 Å². The van der Waals surface area contributed by atoms with Gasteiger partial charge in [0.2, 0.25) is 5.91 Å². The molecular weight excluding hydrogens is 463 g/mol. The number of amides is 2. The number of nitrogens with one attached hydrogen (secondary N) is 2. The molecule has 0 atom stereocenters. The summed E-state index contributed by atoms with van der Waals surface area (Å²) >= 11 is 0. The highest BCUT2D eigenvalue weighted by Crippen LogP contribution is 2.21. The predicted octanol–water partition coefficient (Wildman–Crippen LogP) is 3.69. The summed E-state index contributed by atoms with van der Waals surface area (Å²) in [6, 6.07) is 11.4. The first-order valence-electron chi connectivity index (χ1n) is 11.0. The van der Waals surface area contributed by atoms with Crippen molar-refractivity contribution in [1.82, 2.24) is 29.1 Å². The van der Waals surface area contributed by atoms with Gasteiger partial charge in [0.15, 0.2) is 17.3 Å². The van der Waals surface area contributed by atoms with E-state index >= 15 is 0 Å². The lowest BCUT2D eigenvalue weighted by Crippen LogP contribution is -2.14. The molecular formula is C25H21FN8O2. The fourth-order valence-electron chi connectivity index (χ4n) is 3.68. The zero-order valence-corrected chi connectivity index (χ0v) is 19.4. The van der Waals surface area contributed by atoms with Crippen LogP contribution in [-0.2, 0) is 11.3 Å². The van der Waals surface area contributed by atoms with Crippen molar-refractivity contribution in [3.63, 3.8) is 0 Å².